The van der Waals surface area contributed by atoms with Crippen LogP contribution in [0.25, 0.3) is 16.7 Å². The number of aromatic nitrogens is 4. The Balaban J connectivity index is 1.60. The molecule has 0 aliphatic carbocycles. The van der Waals surface area contributed by atoms with E-state index >= 15 is 0 Å². The average molecular weight is 468 g/mol. The van der Waals surface area contributed by atoms with Gasteiger partial charge in [0.1, 0.15) is 5.82 Å². The molecule has 7 nitrogen and oxygen atoms in total. The van der Waals surface area contributed by atoms with Crippen LogP contribution in [-0.4, -0.2) is 42.8 Å². The third-order valence-corrected chi connectivity index (χ3v) is 6.38. The molecular weight excluding hydrogens is 441 g/mol. The predicted molar refractivity (Wildman–Crippen MR) is 128 cm³/mol. The number of benzene rings is 2. The number of hydrogen-bond acceptors (Lipinski definition) is 5. The fraction of sp³-hybridized carbons (Fsp3) is 0.333. The molecule has 172 valence electrons. The first-order valence-electron chi connectivity index (χ1n) is 10.8. The minimum Gasteiger partial charge on any atom is -0.341 e. The molecule has 0 atom stereocenters. The summed E-state index contributed by atoms with van der Waals surface area (Å²) in [4.78, 5) is 27.4. The topological polar surface area (TPSA) is 72.5 Å². The first-order chi connectivity index (χ1) is 15.8. The van der Waals surface area contributed by atoms with Crippen LogP contribution in [-0.2, 0) is 17.9 Å². The van der Waals surface area contributed by atoms with Crippen LogP contribution in [0.1, 0.15) is 25.8 Å². The Morgan fingerprint density at radius 2 is 1.94 bits per heavy atom. The molecule has 0 saturated carbocycles. The number of carbonyl (C=O) groups is 1. The van der Waals surface area contributed by atoms with E-state index in [4.69, 9.17) is 0 Å². The van der Waals surface area contributed by atoms with E-state index in [-0.39, 0.29) is 23.0 Å². The summed E-state index contributed by atoms with van der Waals surface area (Å²) >= 11 is 1.27. The molecule has 2 heterocycles. The van der Waals surface area contributed by atoms with Gasteiger partial charge in [-0.25, -0.2) is 4.39 Å². The molecule has 0 bridgehead atoms. The molecule has 2 aromatic heterocycles. The van der Waals surface area contributed by atoms with Crippen molar-refractivity contribution in [3.63, 3.8) is 0 Å². The minimum atomic E-state index is -0.326. The summed E-state index contributed by atoms with van der Waals surface area (Å²) in [6.07, 6.45) is 0.840. The number of rotatable bonds is 8. The third kappa shape index (κ3) is 4.93. The lowest BCUT2D eigenvalue weighted by molar-refractivity contribution is -0.127. The Kier molecular flexibility index (Phi) is 6.78. The van der Waals surface area contributed by atoms with Gasteiger partial charge in [0.05, 0.1) is 16.7 Å². The molecular formula is C24H26FN5O2S. The Morgan fingerprint density at radius 3 is 2.70 bits per heavy atom. The van der Waals surface area contributed by atoms with Gasteiger partial charge >= 0.3 is 0 Å². The van der Waals surface area contributed by atoms with Crippen LogP contribution in [0.5, 0.6) is 0 Å². The minimum absolute atomic E-state index is 0.0893. The molecule has 0 saturated heterocycles. The molecule has 0 N–H and O–H groups in total. The fourth-order valence-corrected chi connectivity index (χ4v) is 4.53. The van der Waals surface area contributed by atoms with Crippen LogP contribution in [0.3, 0.4) is 0 Å². The molecule has 0 aliphatic rings. The summed E-state index contributed by atoms with van der Waals surface area (Å²) < 4.78 is 17.0. The number of para-hydroxylation sites is 1. The second-order valence-corrected chi connectivity index (χ2v) is 9.39. The van der Waals surface area contributed by atoms with E-state index in [9.17, 15) is 14.0 Å². The molecule has 33 heavy (non-hydrogen) atoms. The van der Waals surface area contributed by atoms with Gasteiger partial charge < -0.3 is 4.90 Å². The van der Waals surface area contributed by atoms with Gasteiger partial charge in [0.2, 0.25) is 11.7 Å². The monoisotopic (exact) mass is 467 g/mol. The van der Waals surface area contributed by atoms with Gasteiger partial charge in [-0.1, -0.05) is 49.9 Å². The summed E-state index contributed by atoms with van der Waals surface area (Å²) in [6.45, 7) is 5.08. The molecule has 0 unspecified atom stereocenters. The number of aryl methyl sites for hydroxylation is 1. The van der Waals surface area contributed by atoms with E-state index < -0.39 is 0 Å². The summed E-state index contributed by atoms with van der Waals surface area (Å²) in [5.41, 5.74) is 1.35. The van der Waals surface area contributed by atoms with E-state index in [1.54, 1.807) is 34.7 Å². The van der Waals surface area contributed by atoms with E-state index in [0.717, 1.165) is 12.0 Å². The number of fused-ring (bicyclic) bond motifs is 3. The summed E-state index contributed by atoms with van der Waals surface area (Å²) in [5.74, 6) is 0.617. The Bertz CT molecular complexity index is 1360. The molecule has 9 heteroatoms. The maximum Gasteiger partial charge on any atom is 0.262 e. The Labute approximate surface area is 195 Å². The number of amides is 1. The second kappa shape index (κ2) is 9.74. The summed E-state index contributed by atoms with van der Waals surface area (Å²) in [7, 11) is 1.69. The summed E-state index contributed by atoms with van der Waals surface area (Å²) in [6, 6.07) is 13.6. The van der Waals surface area contributed by atoms with Gasteiger partial charge in [-0.2, -0.15) is 0 Å². The number of thioether (sulfide) groups is 1. The predicted octanol–water partition coefficient (Wildman–Crippen LogP) is 3.98. The lowest BCUT2D eigenvalue weighted by Crippen LogP contribution is -2.28. The van der Waals surface area contributed by atoms with Crippen LogP contribution in [0.4, 0.5) is 4.39 Å². The van der Waals surface area contributed by atoms with Gasteiger partial charge in [0.15, 0.2) is 5.16 Å². The Hall–Kier alpha value is -3.20. The molecule has 4 rings (SSSR count). The van der Waals surface area contributed by atoms with Crippen molar-refractivity contribution < 1.29 is 9.18 Å². The van der Waals surface area contributed by atoms with Crippen LogP contribution in [0, 0.1) is 11.7 Å². The molecule has 1 amide bonds. The van der Waals surface area contributed by atoms with Crippen molar-refractivity contribution in [1.82, 2.24) is 24.1 Å². The normalized spacial score (nSPS) is 11.5. The number of carbonyl (C=O) groups excluding carboxylic acids is 1. The molecule has 0 radical (unpaired) electrons. The number of halogens is 1. The molecule has 0 spiro atoms. The molecule has 4 aromatic rings. The second-order valence-electron chi connectivity index (χ2n) is 8.44. The SMILES string of the molecule is CC(C)CCn1c(=O)c2ccccc2n2c(SCC(=O)N(C)Cc3cccc(F)c3)nnc12. The standard InChI is InChI=1S/C24H26FN5O2S/c1-16(2)11-12-29-22(32)19-9-4-5-10-20(19)30-23(29)26-27-24(30)33-15-21(31)28(3)14-17-7-6-8-18(25)13-17/h4-10,13,16H,11-12,14-15H2,1-3H3. The lowest BCUT2D eigenvalue weighted by Gasteiger charge is -2.17. The van der Waals surface area contributed by atoms with Gasteiger partial charge in [-0.15, -0.1) is 10.2 Å². The van der Waals surface area contributed by atoms with Crippen molar-refractivity contribution in [2.45, 2.75) is 38.5 Å². The number of hydrogen-bond donors (Lipinski definition) is 0. The van der Waals surface area contributed by atoms with Gasteiger partial charge in [-0.3, -0.25) is 18.6 Å². The largest absolute Gasteiger partial charge is 0.341 e. The summed E-state index contributed by atoms with van der Waals surface area (Å²) in [5, 5.41) is 9.73. The fourth-order valence-electron chi connectivity index (χ4n) is 3.65. The van der Waals surface area contributed by atoms with Crippen LogP contribution in [0.15, 0.2) is 58.5 Å². The highest BCUT2D eigenvalue weighted by molar-refractivity contribution is 7.99. The van der Waals surface area contributed by atoms with Crippen molar-refractivity contribution >= 4 is 34.3 Å². The third-order valence-electron chi connectivity index (χ3n) is 5.47. The zero-order chi connectivity index (χ0) is 23.5. The van der Waals surface area contributed by atoms with E-state index in [1.165, 1.54) is 23.9 Å². The quantitative estimate of drug-likeness (QED) is 0.367. The molecule has 0 aliphatic heterocycles. The molecule has 2 aromatic carbocycles. The van der Waals surface area contributed by atoms with Gasteiger partial charge in [-0.05, 0) is 42.2 Å². The highest BCUT2D eigenvalue weighted by Gasteiger charge is 2.18. The van der Waals surface area contributed by atoms with E-state index in [1.807, 2.05) is 22.6 Å². The highest BCUT2D eigenvalue weighted by atomic mass is 32.2. The van der Waals surface area contributed by atoms with Gasteiger partial charge in [0, 0.05) is 20.1 Å². The smallest absolute Gasteiger partial charge is 0.262 e. The maximum absolute atomic E-state index is 13.4. The zero-order valence-corrected chi connectivity index (χ0v) is 19.7. The van der Waals surface area contributed by atoms with Crippen LogP contribution >= 0.6 is 11.8 Å². The van der Waals surface area contributed by atoms with Crippen molar-refractivity contribution in [2.75, 3.05) is 12.8 Å². The van der Waals surface area contributed by atoms with Crippen LogP contribution in [0.2, 0.25) is 0 Å². The number of nitrogens with zero attached hydrogens (tertiary/aromatic N) is 5. The highest BCUT2D eigenvalue weighted by Crippen LogP contribution is 2.22. The van der Waals surface area contributed by atoms with Crippen molar-refractivity contribution in [2.24, 2.45) is 5.92 Å². The van der Waals surface area contributed by atoms with E-state index in [0.29, 0.717) is 40.8 Å². The van der Waals surface area contributed by atoms with Crippen LogP contribution < -0.4 is 5.56 Å². The zero-order valence-electron chi connectivity index (χ0n) is 18.9. The van der Waals surface area contributed by atoms with Crippen molar-refractivity contribution in [1.29, 1.82) is 0 Å². The van der Waals surface area contributed by atoms with Gasteiger partial charge in [0.25, 0.3) is 5.56 Å². The first-order valence-corrected chi connectivity index (χ1v) is 11.8. The Morgan fingerprint density at radius 1 is 1.15 bits per heavy atom. The van der Waals surface area contributed by atoms with Crippen molar-refractivity contribution in [3.05, 3.63) is 70.3 Å². The molecule has 0 fully saturated rings. The average Bonchev–Trinajstić information content (AvgIpc) is 3.21. The van der Waals surface area contributed by atoms with E-state index in [2.05, 4.69) is 24.0 Å². The lowest BCUT2D eigenvalue weighted by atomic mass is 10.1. The maximum atomic E-state index is 13.4. The first kappa shape index (κ1) is 23.0. The van der Waals surface area contributed by atoms with Crippen molar-refractivity contribution in [3.8, 4) is 0 Å².